The summed E-state index contributed by atoms with van der Waals surface area (Å²) in [7, 11) is 0. The van der Waals surface area contributed by atoms with Gasteiger partial charge < -0.3 is 0 Å². The van der Waals surface area contributed by atoms with Gasteiger partial charge in [-0.25, -0.2) is 0 Å². The van der Waals surface area contributed by atoms with Crippen molar-refractivity contribution in [2.24, 2.45) is 0 Å². The first-order valence-corrected chi connectivity index (χ1v) is 9.04. The van der Waals surface area contributed by atoms with E-state index in [4.69, 9.17) is 0 Å². The molecule has 2 nitrogen and oxygen atoms in total. The largest absolute Gasteiger partial charge is 0.295 e. The number of benzene rings is 2. The Labute approximate surface area is 150 Å². The van der Waals surface area contributed by atoms with E-state index in [1.54, 1.807) is 0 Å². The summed E-state index contributed by atoms with van der Waals surface area (Å²) in [4.78, 5) is 15.4. The average molecular weight is 331 g/mol. The smallest absolute Gasteiger partial charge is 0.187 e. The lowest BCUT2D eigenvalue weighted by Crippen LogP contribution is -2.38. The Bertz CT molecular complexity index is 698. The predicted molar refractivity (Wildman–Crippen MR) is 105 cm³/mol. The molecule has 1 fully saturated rings. The lowest BCUT2D eigenvalue weighted by Gasteiger charge is -2.29. The number of Topliss-reactive ketones (excluding diaryl/α,β-unsaturated/α-hetero) is 1. The zero-order valence-corrected chi connectivity index (χ0v) is 14.8. The fourth-order valence-corrected chi connectivity index (χ4v) is 3.15. The minimum atomic E-state index is 0.181. The van der Waals surface area contributed by atoms with E-state index >= 15 is 0 Å². The highest BCUT2D eigenvalue weighted by Gasteiger charge is 2.25. The standard InChI is InChI=1S/C23H25NO/c1-2-3-14-24-17-21(15-19-10-6-4-7-11-19)23(25)22(18-24)16-20-12-8-5-9-13-20/h4-13,15-16H,2-3,14,17-18H2,1H3. The Morgan fingerprint density at radius 1 is 0.840 bits per heavy atom. The topological polar surface area (TPSA) is 20.3 Å². The van der Waals surface area contributed by atoms with E-state index in [0.717, 1.165) is 48.3 Å². The van der Waals surface area contributed by atoms with Crippen LogP contribution in [0.5, 0.6) is 0 Å². The second kappa shape index (κ2) is 8.59. The molecule has 0 amide bonds. The Hall–Kier alpha value is -2.45. The first kappa shape index (κ1) is 17.4. The van der Waals surface area contributed by atoms with Crippen molar-refractivity contribution >= 4 is 17.9 Å². The SMILES string of the molecule is CCCCN1CC(=Cc2ccccc2)C(=O)C(=Cc2ccccc2)C1. The minimum Gasteiger partial charge on any atom is -0.295 e. The quantitative estimate of drug-likeness (QED) is 0.731. The first-order chi connectivity index (χ1) is 12.3. The molecule has 25 heavy (non-hydrogen) atoms. The second-order valence-electron chi connectivity index (χ2n) is 6.55. The minimum absolute atomic E-state index is 0.181. The monoisotopic (exact) mass is 331 g/mol. The van der Waals surface area contributed by atoms with Gasteiger partial charge in [0.2, 0.25) is 0 Å². The Morgan fingerprint density at radius 2 is 1.32 bits per heavy atom. The fraction of sp³-hybridized carbons (Fsp3) is 0.261. The third-order valence-corrected chi connectivity index (χ3v) is 4.48. The molecule has 0 aliphatic carbocycles. The van der Waals surface area contributed by atoms with E-state index in [1.807, 2.05) is 72.8 Å². The number of nitrogens with zero attached hydrogens (tertiary/aromatic N) is 1. The van der Waals surface area contributed by atoms with Gasteiger partial charge in [-0.15, -0.1) is 0 Å². The molecule has 0 saturated carbocycles. The Kier molecular flexibility index (Phi) is 5.97. The maximum atomic E-state index is 13.0. The van der Waals surface area contributed by atoms with Crippen molar-refractivity contribution in [1.29, 1.82) is 0 Å². The van der Waals surface area contributed by atoms with E-state index in [1.165, 1.54) is 6.42 Å². The van der Waals surface area contributed by atoms with Crippen LogP contribution in [0.1, 0.15) is 30.9 Å². The van der Waals surface area contributed by atoms with Crippen LogP contribution in [0.4, 0.5) is 0 Å². The summed E-state index contributed by atoms with van der Waals surface area (Å²) >= 11 is 0. The van der Waals surface area contributed by atoms with Gasteiger partial charge in [0.05, 0.1) is 0 Å². The van der Waals surface area contributed by atoms with Gasteiger partial charge in [-0.3, -0.25) is 9.69 Å². The third-order valence-electron chi connectivity index (χ3n) is 4.48. The van der Waals surface area contributed by atoms with Gasteiger partial charge in [0.15, 0.2) is 5.78 Å². The molecule has 128 valence electrons. The van der Waals surface area contributed by atoms with Crippen molar-refractivity contribution < 1.29 is 4.79 Å². The molecule has 2 aromatic rings. The number of piperidine rings is 1. The molecule has 2 heteroatoms. The molecule has 0 N–H and O–H groups in total. The van der Waals surface area contributed by atoms with Crippen molar-refractivity contribution in [2.75, 3.05) is 19.6 Å². The molecule has 1 aliphatic heterocycles. The van der Waals surface area contributed by atoms with Crippen molar-refractivity contribution in [3.05, 3.63) is 82.9 Å². The Balaban J connectivity index is 1.91. The molecule has 1 heterocycles. The lowest BCUT2D eigenvalue weighted by molar-refractivity contribution is -0.113. The molecule has 1 saturated heterocycles. The van der Waals surface area contributed by atoms with Crippen molar-refractivity contribution in [2.45, 2.75) is 19.8 Å². The van der Waals surface area contributed by atoms with Crippen LogP contribution in [0, 0.1) is 0 Å². The molecule has 2 aromatic carbocycles. The van der Waals surface area contributed by atoms with Gasteiger partial charge in [0, 0.05) is 24.2 Å². The third kappa shape index (κ3) is 4.77. The highest BCUT2D eigenvalue weighted by atomic mass is 16.1. The summed E-state index contributed by atoms with van der Waals surface area (Å²) in [6.07, 6.45) is 6.41. The molecule has 0 atom stereocenters. The molecular weight excluding hydrogens is 306 g/mol. The molecule has 0 unspecified atom stereocenters. The van der Waals surface area contributed by atoms with Crippen LogP contribution in [0.25, 0.3) is 12.2 Å². The normalized spacial score (nSPS) is 18.8. The van der Waals surface area contributed by atoms with E-state index in [9.17, 15) is 4.79 Å². The maximum absolute atomic E-state index is 13.0. The van der Waals surface area contributed by atoms with Crippen LogP contribution in [0.3, 0.4) is 0 Å². The summed E-state index contributed by atoms with van der Waals surface area (Å²) in [6.45, 7) is 4.71. The fourth-order valence-electron chi connectivity index (χ4n) is 3.15. The Morgan fingerprint density at radius 3 is 1.76 bits per heavy atom. The highest BCUT2D eigenvalue weighted by molar-refractivity contribution is 6.14. The molecular formula is C23H25NO. The molecule has 0 spiro atoms. The van der Waals surface area contributed by atoms with Crippen LogP contribution in [0.2, 0.25) is 0 Å². The van der Waals surface area contributed by atoms with Crippen LogP contribution < -0.4 is 0 Å². The highest BCUT2D eigenvalue weighted by Crippen LogP contribution is 2.22. The zero-order chi connectivity index (χ0) is 17.5. The van der Waals surface area contributed by atoms with Crippen LogP contribution in [-0.4, -0.2) is 30.3 Å². The zero-order valence-electron chi connectivity index (χ0n) is 14.8. The van der Waals surface area contributed by atoms with Gasteiger partial charge >= 0.3 is 0 Å². The molecule has 0 bridgehead atoms. The number of likely N-dealkylation sites (tertiary alicyclic amines) is 1. The van der Waals surface area contributed by atoms with Gasteiger partial charge in [-0.2, -0.15) is 0 Å². The second-order valence-corrected chi connectivity index (χ2v) is 6.55. The van der Waals surface area contributed by atoms with Gasteiger partial charge in [-0.1, -0.05) is 74.0 Å². The van der Waals surface area contributed by atoms with Crippen molar-refractivity contribution in [3.8, 4) is 0 Å². The van der Waals surface area contributed by atoms with E-state index in [-0.39, 0.29) is 5.78 Å². The first-order valence-electron chi connectivity index (χ1n) is 9.04. The number of carbonyl (C=O) groups is 1. The van der Waals surface area contributed by atoms with Crippen LogP contribution in [0.15, 0.2) is 71.8 Å². The number of unbranched alkanes of at least 4 members (excludes halogenated alkanes) is 1. The lowest BCUT2D eigenvalue weighted by atomic mass is 9.94. The predicted octanol–water partition coefficient (Wildman–Crippen LogP) is 4.84. The van der Waals surface area contributed by atoms with Crippen molar-refractivity contribution in [3.63, 3.8) is 0 Å². The number of carbonyl (C=O) groups excluding carboxylic acids is 1. The van der Waals surface area contributed by atoms with Gasteiger partial charge in [0.25, 0.3) is 0 Å². The summed E-state index contributed by atoms with van der Waals surface area (Å²) < 4.78 is 0. The molecule has 0 radical (unpaired) electrons. The number of rotatable bonds is 5. The number of ketones is 1. The van der Waals surface area contributed by atoms with E-state index in [2.05, 4.69) is 11.8 Å². The van der Waals surface area contributed by atoms with Crippen LogP contribution in [-0.2, 0) is 4.79 Å². The van der Waals surface area contributed by atoms with Crippen molar-refractivity contribution in [1.82, 2.24) is 4.90 Å². The van der Waals surface area contributed by atoms with Crippen LogP contribution >= 0.6 is 0 Å². The molecule has 1 aliphatic rings. The van der Waals surface area contributed by atoms with Gasteiger partial charge in [-0.05, 0) is 36.2 Å². The van der Waals surface area contributed by atoms with E-state index < -0.39 is 0 Å². The van der Waals surface area contributed by atoms with Gasteiger partial charge in [0.1, 0.15) is 0 Å². The average Bonchev–Trinajstić information content (AvgIpc) is 2.65. The van der Waals surface area contributed by atoms with E-state index in [0.29, 0.717) is 0 Å². The number of hydrogen-bond acceptors (Lipinski definition) is 2. The summed E-state index contributed by atoms with van der Waals surface area (Å²) in [5, 5.41) is 0. The maximum Gasteiger partial charge on any atom is 0.187 e. The number of hydrogen-bond donors (Lipinski definition) is 0. The summed E-state index contributed by atoms with van der Waals surface area (Å²) in [6, 6.07) is 20.2. The summed E-state index contributed by atoms with van der Waals surface area (Å²) in [5.41, 5.74) is 3.94. The summed E-state index contributed by atoms with van der Waals surface area (Å²) in [5.74, 6) is 0.181. The molecule has 3 rings (SSSR count). The molecule has 0 aromatic heterocycles.